The molecule has 0 amide bonds. The summed E-state index contributed by atoms with van der Waals surface area (Å²) in [4.78, 5) is 0. The molecular weight excluding hydrogens is 174 g/mol. The maximum Gasteiger partial charge on any atom is 0.127 e. The molecule has 14 heavy (non-hydrogen) atoms. The fourth-order valence-corrected chi connectivity index (χ4v) is 1.63. The van der Waals surface area contributed by atoms with E-state index >= 15 is 0 Å². The second-order valence-corrected chi connectivity index (χ2v) is 3.66. The lowest BCUT2D eigenvalue weighted by atomic mass is 10.0. The topological polar surface area (TPSA) is 26.0 Å². The maximum atomic E-state index is 4.93. The Kier molecular flexibility index (Phi) is 2.12. The van der Waals surface area contributed by atoms with E-state index in [2.05, 4.69) is 37.2 Å². The number of hydrogen-bond acceptors (Lipinski definition) is 2. The van der Waals surface area contributed by atoms with Gasteiger partial charge in [-0.05, 0) is 26.3 Å². The SMILES string of the molecule is Cc1ccc(-c2nocc2C)c(C)c1. The molecule has 0 aliphatic carbocycles. The molecule has 1 aromatic heterocycles. The summed E-state index contributed by atoms with van der Waals surface area (Å²) in [6.45, 7) is 6.19. The molecule has 0 saturated carbocycles. The van der Waals surface area contributed by atoms with Crippen LogP contribution < -0.4 is 0 Å². The number of aryl methyl sites for hydroxylation is 3. The molecule has 0 radical (unpaired) electrons. The van der Waals surface area contributed by atoms with Crippen molar-refractivity contribution in [2.24, 2.45) is 0 Å². The second kappa shape index (κ2) is 3.29. The van der Waals surface area contributed by atoms with Crippen molar-refractivity contribution in [3.05, 3.63) is 41.2 Å². The third-order valence-corrected chi connectivity index (χ3v) is 2.38. The van der Waals surface area contributed by atoms with Crippen LogP contribution in [0.2, 0.25) is 0 Å². The predicted octanol–water partition coefficient (Wildman–Crippen LogP) is 3.27. The smallest absolute Gasteiger partial charge is 0.127 e. The Bertz CT molecular complexity index is 457. The average Bonchev–Trinajstić information content (AvgIpc) is 2.52. The molecule has 0 aliphatic rings. The highest BCUT2D eigenvalue weighted by molar-refractivity contribution is 5.66. The molecule has 2 aromatic rings. The van der Waals surface area contributed by atoms with E-state index in [0.29, 0.717) is 0 Å². The quantitative estimate of drug-likeness (QED) is 0.684. The molecule has 0 aliphatic heterocycles. The lowest BCUT2D eigenvalue weighted by Gasteiger charge is -2.03. The summed E-state index contributed by atoms with van der Waals surface area (Å²) in [7, 11) is 0. The van der Waals surface area contributed by atoms with Crippen LogP contribution in [0.1, 0.15) is 16.7 Å². The monoisotopic (exact) mass is 187 g/mol. The minimum absolute atomic E-state index is 0.947. The van der Waals surface area contributed by atoms with Gasteiger partial charge in [0.2, 0.25) is 0 Å². The van der Waals surface area contributed by atoms with Crippen molar-refractivity contribution >= 4 is 0 Å². The molecule has 0 spiro atoms. The minimum atomic E-state index is 0.947. The predicted molar refractivity (Wildman–Crippen MR) is 56.2 cm³/mol. The number of benzene rings is 1. The Balaban J connectivity index is 2.58. The summed E-state index contributed by atoms with van der Waals surface area (Å²) < 4.78 is 4.93. The van der Waals surface area contributed by atoms with E-state index in [1.54, 1.807) is 6.26 Å². The van der Waals surface area contributed by atoms with Gasteiger partial charge < -0.3 is 4.52 Å². The zero-order valence-electron chi connectivity index (χ0n) is 8.66. The van der Waals surface area contributed by atoms with Crippen LogP contribution in [0.25, 0.3) is 11.3 Å². The highest BCUT2D eigenvalue weighted by Gasteiger charge is 2.08. The Labute approximate surface area is 83.5 Å². The van der Waals surface area contributed by atoms with Crippen LogP contribution in [0.5, 0.6) is 0 Å². The van der Waals surface area contributed by atoms with E-state index in [-0.39, 0.29) is 0 Å². The molecule has 0 fully saturated rings. The van der Waals surface area contributed by atoms with E-state index in [9.17, 15) is 0 Å². The molecule has 0 unspecified atom stereocenters. The first-order valence-corrected chi connectivity index (χ1v) is 4.67. The molecule has 0 saturated heterocycles. The van der Waals surface area contributed by atoms with Crippen molar-refractivity contribution in [3.63, 3.8) is 0 Å². The number of hydrogen-bond donors (Lipinski definition) is 0. The molecule has 1 aromatic carbocycles. The Morgan fingerprint density at radius 3 is 2.43 bits per heavy atom. The van der Waals surface area contributed by atoms with Gasteiger partial charge in [-0.25, -0.2) is 0 Å². The van der Waals surface area contributed by atoms with Gasteiger partial charge in [-0.3, -0.25) is 0 Å². The van der Waals surface area contributed by atoms with Crippen LogP contribution in [0.15, 0.2) is 29.0 Å². The number of nitrogens with zero attached hydrogens (tertiary/aromatic N) is 1. The van der Waals surface area contributed by atoms with E-state index in [4.69, 9.17) is 4.52 Å². The van der Waals surface area contributed by atoms with Gasteiger partial charge in [0, 0.05) is 11.1 Å². The molecule has 2 rings (SSSR count). The van der Waals surface area contributed by atoms with E-state index in [1.165, 1.54) is 11.1 Å². The fourth-order valence-electron chi connectivity index (χ4n) is 1.63. The standard InChI is InChI=1S/C12H13NO/c1-8-4-5-11(9(2)6-8)12-10(3)7-14-13-12/h4-7H,1-3H3. The maximum absolute atomic E-state index is 4.93. The van der Waals surface area contributed by atoms with Crippen LogP contribution >= 0.6 is 0 Å². The van der Waals surface area contributed by atoms with E-state index in [1.807, 2.05) is 6.92 Å². The Morgan fingerprint density at radius 1 is 1.07 bits per heavy atom. The van der Waals surface area contributed by atoms with Crippen LogP contribution in [0.4, 0.5) is 0 Å². The summed E-state index contributed by atoms with van der Waals surface area (Å²) in [6.07, 6.45) is 1.68. The third kappa shape index (κ3) is 1.43. The second-order valence-electron chi connectivity index (χ2n) is 3.66. The van der Waals surface area contributed by atoms with Crippen LogP contribution in [-0.4, -0.2) is 5.16 Å². The fraction of sp³-hybridized carbons (Fsp3) is 0.250. The summed E-state index contributed by atoms with van der Waals surface area (Å²) >= 11 is 0. The van der Waals surface area contributed by atoms with Crippen LogP contribution in [-0.2, 0) is 0 Å². The summed E-state index contributed by atoms with van der Waals surface area (Å²) in [6, 6.07) is 6.34. The summed E-state index contributed by atoms with van der Waals surface area (Å²) in [5.74, 6) is 0. The van der Waals surface area contributed by atoms with Crippen molar-refractivity contribution in [2.75, 3.05) is 0 Å². The lowest BCUT2D eigenvalue weighted by molar-refractivity contribution is 0.421. The highest BCUT2D eigenvalue weighted by Crippen LogP contribution is 2.25. The van der Waals surface area contributed by atoms with Crippen molar-refractivity contribution in [1.82, 2.24) is 5.16 Å². The van der Waals surface area contributed by atoms with Gasteiger partial charge in [-0.1, -0.05) is 28.9 Å². The zero-order chi connectivity index (χ0) is 10.1. The van der Waals surface area contributed by atoms with Crippen molar-refractivity contribution in [1.29, 1.82) is 0 Å². The molecule has 72 valence electrons. The van der Waals surface area contributed by atoms with Gasteiger partial charge in [0.15, 0.2) is 0 Å². The van der Waals surface area contributed by atoms with Gasteiger partial charge >= 0.3 is 0 Å². The lowest BCUT2D eigenvalue weighted by Crippen LogP contribution is -1.86. The average molecular weight is 187 g/mol. The largest absolute Gasteiger partial charge is 0.364 e. The first-order chi connectivity index (χ1) is 6.68. The van der Waals surface area contributed by atoms with E-state index < -0.39 is 0 Å². The van der Waals surface area contributed by atoms with Gasteiger partial charge in [0.05, 0.1) is 0 Å². The van der Waals surface area contributed by atoms with Gasteiger partial charge in [-0.2, -0.15) is 0 Å². The normalized spacial score (nSPS) is 10.5. The van der Waals surface area contributed by atoms with E-state index in [0.717, 1.165) is 16.8 Å². The minimum Gasteiger partial charge on any atom is -0.364 e. The highest BCUT2D eigenvalue weighted by atomic mass is 16.5. The summed E-state index contributed by atoms with van der Waals surface area (Å²) in [5.41, 5.74) is 5.69. The third-order valence-electron chi connectivity index (χ3n) is 2.38. The first-order valence-electron chi connectivity index (χ1n) is 4.67. The molecule has 0 atom stereocenters. The van der Waals surface area contributed by atoms with Gasteiger partial charge in [0.25, 0.3) is 0 Å². The molecule has 1 heterocycles. The molecular formula is C12H13NO. The molecule has 2 heteroatoms. The zero-order valence-corrected chi connectivity index (χ0v) is 8.66. The summed E-state index contributed by atoms with van der Waals surface area (Å²) in [5, 5.41) is 4.00. The number of aromatic nitrogens is 1. The molecule has 2 nitrogen and oxygen atoms in total. The number of rotatable bonds is 1. The Morgan fingerprint density at radius 2 is 1.86 bits per heavy atom. The molecule has 0 bridgehead atoms. The van der Waals surface area contributed by atoms with Crippen LogP contribution in [0.3, 0.4) is 0 Å². The Hall–Kier alpha value is -1.57. The van der Waals surface area contributed by atoms with Crippen molar-refractivity contribution < 1.29 is 4.52 Å². The van der Waals surface area contributed by atoms with Gasteiger partial charge in [0.1, 0.15) is 12.0 Å². The van der Waals surface area contributed by atoms with Crippen molar-refractivity contribution in [3.8, 4) is 11.3 Å². The first kappa shape index (κ1) is 9.00. The van der Waals surface area contributed by atoms with Gasteiger partial charge in [-0.15, -0.1) is 0 Å². The molecule has 0 N–H and O–H groups in total. The van der Waals surface area contributed by atoms with Crippen molar-refractivity contribution in [2.45, 2.75) is 20.8 Å². The van der Waals surface area contributed by atoms with Crippen LogP contribution in [0, 0.1) is 20.8 Å².